The predicted molar refractivity (Wildman–Crippen MR) is 133 cm³/mol. The van der Waals surface area contributed by atoms with Crippen LogP contribution >= 0.6 is 0 Å². The number of amides is 3. The summed E-state index contributed by atoms with van der Waals surface area (Å²) in [5.41, 5.74) is 1.28. The van der Waals surface area contributed by atoms with E-state index in [2.05, 4.69) is 5.32 Å². The minimum absolute atomic E-state index is 0.140. The Morgan fingerprint density at radius 2 is 1.54 bits per heavy atom. The molecule has 1 saturated heterocycles. The fourth-order valence-corrected chi connectivity index (χ4v) is 5.81. The summed E-state index contributed by atoms with van der Waals surface area (Å²) >= 11 is 0. The van der Waals surface area contributed by atoms with Crippen LogP contribution in [0.1, 0.15) is 53.3 Å². The molecule has 3 amide bonds. The number of rotatable bonds is 8. The van der Waals surface area contributed by atoms with E-state index in [1.165, 1.54) is 29.2 Å². The Hall–Kier alpha value is -4.01. The summed E-state index contributed by atoms with van der Waals surface area (Å²) in [6.45, 7) is 1.70. The molecule has 1 heterocycles. The van der Waals surface area contributed by atoms with Gasteiger partial charge in [-0.15, -0.1) is 0 Å². The number of imide groups is 1. The first-order valence-corrected chi connectivity index (χ1v) is 12.6. The molecule has 4 atom stereocenters. The van der Waals surface area contributed by atoms with Crippen LogP contribution in [0.3, 0.4) is 0 Å². The number of fused-ring (bicyclic) bond motifs is 5. The Balaban J connectivity index is 1.17. The first kappa shape index (κ1) is 24.7. The van der Waals surface area contributed by atoms with Crippen LogP contribution in [0.25, 0.3) is 0 Å². The SMILES string of the molecule is CCCOC(=O)c1ccc(NC(=O)COC(=O)c2cccc(N3C(=O)[C@H]4[C@H]5CC[C@@H](C5)[C@@H]4C3=O)c2)cc1. The van der Waals surface area contributed by atoms with Gasteiger partial charge in [-0.05, 0) is 80.0 Å². The molecule has 0 aromatic heterocycles. The van der Waals surface area contributed by atoms with Gasteiger partial charge in [0.05, 0.1) is 35.3 Å². The molecule has 0 radical (unpaired) electrons. The van der Waals surface area contributed by atoms with Crippen molar-refractivity contribution >= 4 is 41.0 Å². The topological polar surface area (TPSA) is 119 Å². The monoisotopic (exact) mass is 504 g/mol. The molecule has 1 N–H and O–H groups in total. The number of carbonyl (C=O) groups excluding carboxylic acids is 5. The molecule has 192 valence electrons. The smallest absolute Gasteiger partial charge is 0.338 e. The molecule has 2 aliphatic carbocycles. The first-order chi connectivity index (χ1) is 17.9. The van der Waals surface area contributed by atoms with Gasteiger partial charge in [0, 0.05) is 5.69 Å². The zero-order valence-electron chi connectivity index (χ0n) is 20.5. The molecule has 3 aliphatic rings. The summed E-state index contributed by atoms with van der Waals surface area (Å²) in [6.07, 6.45) is 3.65. The molecule has 2 bridgehead atoms. The van der Waals surface area contributed by atoms with Crippen LogP contribution in [0.5, 0.6) is 0 Å². The van der Waals surface area contributed by atoms with E-state index in [1.807, 2.05) is 6.92 Å². The lowest BCUT2D eigenvalue weighted by Crippen LogP contribution is -2.32. The third-order valence-electron chi connectivity index (χ3n) is 7.44. The summed E-state index contributed by atoms with van der Waals surface area (Å²) in [5, 5.41) is 2.60. The standard InChI is InChI=1S/C28H28N2O7/c1-2-12-36-27(34)16-8-10-20(11-9-16)29-22(31)15-37-28(35)19-4-3-5-21(14-19)30-25(32)23-17-6-7-18(13-17)24(23)26(30)33/h3-5,8-11,14,17-18,23-24H,2,6-7,12-13,15H2,1H3,(H,29,31)/t17-,18-,23-,24-/m0/s1. The molecule has 2 aromatic rings. The van der Waals surface area contributed by atoms with Crippen molar-refractivity contribution in [3.63, 3.8) is 0 Å². The van der Waals surface area contributed by atoms with Gasteiger partial charge in [0.15, 0.2) is 6.61 Å². The highest BCUT2D eigenvalue weighted by atomic mass is 16.5. The van der Waals surface area contributed by atoms with E-state index in [1.54, 1.807) is 24.3 Å². The van der Waals surface area contributed by atoms with E-state index in [-0.39, 0.29) is 41.0 Å². The molecule has 2 saturated carbocycles. The zero-order chi connectivity index (χ0) is 26.1. The molecule has 1 aliphatic heterocycles. The molecule has 2 aromatic carbocycles. The summed E-state index contributed by atoms with van der Waals surface area (Å²) in [7, 11) is 0. The minimum atomic E-state index is -0.745. The van der Waals surface area contributed by atoms with Gasteiger partial charge in [-0.2, -0.15) is 0 Å². The largest absolute Gasteiger partial charge is 0.462 e. The van der Waals surface area contributed by atoms with Gasteiger partial charge in [-0.3, -0.25) is 19.3 Å². The highest BCUT2D eigenvalue weighted by molar-refractivity contribution is 6.22. The van der Waals surface area contributed by atoms with Crippen molar-refractivity contribution in [3.8, 4) is 0 Å². The average Bonchev–Trinajstić information content (AvgIpc) is 3.59. The second-order valence-corrected chi connectivity index (χ2v) is 9.78. The molecular formula is C28H28N2O7. The Labute approximate surface area is 214 Å². The maximum Gasteiger partial charge on any atom is 0.338 e. The van der Waals surface area contributed by atoms with Crippen molar-refractivity contribution in [1.29, 1.82) is 0 Å². The molecule has 9 nitrogen and oxygen atoms in total. The number of anilines is 2. The fraction of sp³-hybridized carbons (Fsp3) is 0.393. The van der Waals surface area contributed by atoms with Crippen molar-refractivity contribution in [1.82, 2.24) is 0 Å². The Bertz CT molecular complexity index is 1230. The van der Waals surface area contributed by atoms with E-state index in [0.717, 1.165) is 25.7 Å². The number of benzene rings is 2. The maximum atomic E-state index is 13.1. The van der Waals surface area contributed by atoms with E-state index in [9.17, 15) is 24.0 Å². The number of carbonyl (C=O) groups is 5. The van der Waals surface area contributed by atoms with Crippen LogP contribution < -0.4 is 10.2 Å². The van der Waals surface area contributed by atoms with Crippen LogP contribution in [0.2, 0.25) is 0 Å². The average molecular weight is 505 g/mol. The van der Waals surface area contributed by atoms with E-state index in [0.29, 0.717) is 23.5 Å². The zero-order valence-corrected chi connectivity index (χ0v) is 20.5. The lowest BCUT2D eigenvalue weighted by atomic mass is 9.81. The van der Waals surface area contributed by atoms with Crippen molar-refractivity contribution < 1.29 is 33.4 Å². The Morgan fingerprint density at radius 1 is 0.892 bits per heavy atom. The van der Waals surface area contributed by atoms with Gasteiger partial charge in [-0.25, -0.2) is 9.59 Å². The van der Waals surface area contributed by atoms with Gasteiger partial charge in [0.2, 0.25) is 11.8 Å². The molecule has 0 spiro atoms. The highest BCUT2D eigenvalue weighted by Gasteiger charge is 2.61. The van der Waals surface area contributed by atoms with Crippen LogP contribution in [-0.2, 0) is 23.9 Å². The number of nitrogens with zero attached hydrogens (tertiary/aromatic N) is 1. The van der Waals surface area contributed by atoms with E-state index in [4.69, 9.17) is 9.47 Å². The van der Waals surface area contributed by atoms with Gasteiger partial charge in [0.1, 0.15) is 0 Å². The summed E-state index contributed by atoms with van der Waals surface area (Å²) in [5.74, 6) is -2.06. The van der Waals surface area contributed by atoms with E-state index >= 15 is 0 Å². The van der Waals surface area contributed by atoms with Gasteiger partial charge in [0.25, 0.3) is 5.91 Å². The molecule has 3 fully saturated rings. The van der Waals surface area contributed by atoms with Gasteiger partial charge in [-0.1, -0.05) is 13.0 Å². The quantitative estimate of drug-likeness (QED) is 0.431. The van der Waals surface area contributed by atoms with Crippen molar-refractivity contribution in [2.75, 3.05) is 23.4 Å². The van der Waals surface area contributed by atoms with Crippen molar-refractivity contribution in [3.05, 3.63) is 59.7 Å². The molecule has 9 heteroatoms. The summed E-state index contributed by atoms with van der Waals surface area (Å²) in [6, 6.07) is 12.4. The number of ether oxygens (including phenoxy) is 2. The van der Waals surface area contributed by atoms with Gasteiger partial charge >= 0.3 is 11.9 Å². The molecular weight excluding hydrogens is 476 g/mol. The van der Waals surface area contributed by atoms with Crippen molar-refractivity contribution in [2.24, 2.45) is 23.7 Å². The number of hydrogen-bond donors (Lipinski definition) is 1. The molecule has 0 unspecified atom stereocenters. The summed E-state index contributed by atoms with van der Waals surface area (Å²) in [4.78, 5) is 64.1. The fourth-order valence-electron chi connectivity index (χ4n) is 5.81. The predicted octanol–water partition coefficient (Wildman–Crippen LogP) is 3.58. The normalized spacial score (nSPS) is 23.6. The summed E-state index contributed by atoms with van der Waals surface area (Å²) < 4.78 is 10.2. The Morgan fingerprint density at radius 3 is 2.19 bits per heavy atom. The third kappa shape index (κ3) is 4.73. The van der Waals surface area contributed by atoms with Crippen LogP contribution in [-0.4, -0.2) is 42.9 Å². The minimum Gasteiger partial charge on any atom is -0.462 e. The Kier molecular flexibility index (Phi) is 6.78. The highest BCUT2D eigenvalue weighted by Crippen LogP contribution is 2.56. The van der Waals surface area contributed by atoms with Crippen LogP contribution in [0.4, 0.5) is 11.4 Å². The number of nitrogens with one attached hydrogen (secondary N) is 1. The maximum absolute atomic E-state index is 13.1. The third-order valence-corrected chi connectivity index (χ3v) is 7.44. The lowest BCUT2D eigenvalue weighted by Gasteiger charge is -2.19. The first-order valence-electron chi connectivity index (χ1n) is 12.6. The second kappa shape index (κ2) is 10.2. The number of esters is 2. The lowest BCUT2D eigenvalue weighted by molar-refractivity contribution is -0.123. The van der Waals surface area contributed by atoms with Crippen LogP contribution in [0, 0.1) is 23.7 Å². The number of hydrogen-bond acceptors (Lipinski definition) is 7. The second-order valence-electron chi connectivity index (χ2n) is 9.78. The van der Waals surface area contributed by atoms with Crippen LogP contribution in [0.15, 0.2) is 48.5 Å². The van der Waals surface area contributed by atoms with E-state index < -0.39 is 24.5 Å². The molecule has 37 heavy (non-hydrogen) atoms. The van der Waals surface area contributed by atoms with Gasteiger partial charge < -0.3 is 14.8 Å². The van der Waals surface area contributed by atoms with Crippen molar-refractivity contribution in [2.45, 2.75) is 32.6 Å². The molecule has 5 rings (SSSR count).